The molecule has 7 heteroatoms. The van der Waals surface area contributed by atoms with Crippen LogP contribution in [0.25, 0.3) is 0 Å². The summed E-state index contributed by atoms with van der Waals surface area (Å²) in [5, 5.41) is 10.3. The molecule has 0 radical (unpaired) electrons. The van der Waals surface area contributed by atoms with E-state index < -0.39 is 24.1 Å². The van der Waals surface area contributed by atoms with Crippen molar-refractivity contribution in [3.8, 4) is 11.5 Å². The topological polar surface area (TPSA) is 59.0 Å². The first-order valence-electron chi connectivity index (χ1n) is 8.95. The van der Waals surface area contributed by atoms with E-state index in [-0.39, 0.29) is 6.61 Å². The Hall–Kier alpha value is -3.09. The smallest absolute Gasteiger partial charge is 0.415 e. The number of aliphatic hydroxyl groups is 1. The van der Waals surface area contributed by atoms with Crippen LogP contribution < -0.4 is 9.64 Å². The van der Waals surface area contributed by atoms with Gasteiger partial charge in [0.2, 0.25) is 0 Å². The van der Waals surface area contributed by atoms with Crippen LogP contribution in [0.4, 0.5) is 14.9 Å². The first-order valence-corrected chi connectivity index (χ1v) is 9.32. The Morgan fingerprint density at radius 3 is 2.31 bits per heavy atom. The normalized spacial score (nSPS) is 18.6. The molecule has 0 saturated carbocycles. The molecule has 1 N–H and O–H groups in total. The molecular weight excluding hydrogens is 397 g/mol. The standard InChI is InChI=1S/C22H17ClFNO4/c23-15-4-8-18(9-5-15)28-19-10-6-17(7-11-19)25-21(20(13-26)29-22(25)27)14-2-1-3-16(24)12-14/h1-12,20-21,26H,13H2/t20-,21+/m1/s1. The van der Waals surface area contributed by atoms with Crippen molar-refractivity contribution in [1.82, 2.24) is 0 Å². The molecule has 1 saturated heterocycles. The molecule has 3 aromatic carbocycles. The van der Waals surface area contributed by atoms with E-state index in [2.05, 4.69) is 0 Å². The number of rotatable bonds is 5. The van der Waals surface area contributed by atoms with E-state index in [0.29, 0.717) is 27.8 Å². The fourth-order valence-electron chi connectivity index (χ4n) is 3.30. The van der Waals surface area contributed by atoms with Crippen LogP contribution in [0, 0.1) is 5.82 Å². The lowest BCUT2D eigenvalue weighted by atomic mass is 10.0. The lowest BCUT2D eigenvalue weighted by Gasteiger charge is -2.24. The number of ether oxygens (including phenoxy) is 2. The Kier molecular flexibility index (Phi) is 5.38. The molecule has 5 nitrogen and oxygen atoms in total. The minimum absolute atomic E-state index is 0.374. The van der Waals surface area contributed by atoms with Gasteiger partial charge in [-0.05, 0) is 66.2 Å². The van der Waals surface area contributed by atoms with Gasteiger partial charge in [0.15, 0.2) is 6.10 Å². The number of nitrogens with zero attached hydrogens (tertiary/aromatic N) is 1. The highest BCUT2D eigenvalue weighted by Crippen LogP contribution is 2.38. The van der Waals surface area contributed by atoms with Crippen molar-refractivity contribution in [2.24, 2.45) is 0 Å². The van der Waals surface area contributed by atoms with E-state index in [9.17, 15) is 14.3 Å². The third kappa shape index (κ3) is 4.04. The van der Waals surface area contributed by atoms with Gasteiger partial charge >= 0.3 is 6.09 Å². The van der Waals surface area contributed by atoms with Gasteiger partial charge in [-0.1, -0.05) is 23.7 Å². The number of hydrogen-bond donors (Lipinski definition) is 1. The first-order chi connectivity index (χ1) is 14.0. The molecule has 0 aromatic heterocycles. The molecule has 0 aliphatic carbocycles. The Morgan fingerprint density at radius 2 is 1.69 bits per heavy atom. The Labute approximate surface area is 171 Å². The monoisotopic (exact) mass is 413 g/mol. The van der Waals surface area contributed by atoms with Gasteiger partial charge in [0.05, 0.1) is 6.61 Å². The average Bonchev–Trinajstić information content (AvgIpc) is 3.07. The van der Waals surface area contributed by atoms with E-state index in [1.807, 2.05) is 0 Å². The van der Waals surface area contributed by atoms with Crippen molar-refractivity contribution in [2.45, 2.75) is 12.1 Å². The van der Waals surface area contributed by atoms with Crippen LogP contribution in [-0.2, 0) is 4.74 Å². The molecular formula is C22H17ClFNO4. The molecule has 3 aromatic rings. The summed E-state index contributed by atoms with van der Waals surface area (Å²) in [6, 6.07) is 19.1. The van der Waals surface area contributed by atoms with Crippen molar-refractivity contribution in [2.75, 3.05) is 11.5 Å². The number of amides is 1. The maximum atomic E-state index is 13.7. The second-order valence-electron chi connectivity index (χ2n) is 6.52. The molecule has 1 aliphatic rings. The van der Waals surface area contributed by atoms with Crippen molar-refractivity contribution >= 4 is 23.4 Å². The second kappa shape index (κ2) is 8.11. The zero-order valence-corrected chi connectivity index (χ0v) is 15.9. The molecule has 2 atom stereocenters. The minimum Gasteiger partial charge on any atom is -0.457 e. The largest absolute Gasteiger partial charge is 0.457 e. The number of anilines is 1. The summed E-state index contributed by atoms with van der Waals surface area (Å²) >= 11 is 5.87. The Bertz CT molecular complexity index is 1010. The van der Waals surface area contributed by atoms with Gasteiger partial charge in [0.25, 0.3) is 0 Å². The van der Waals surface area contributed by atoms with E-state index in [1.54, 1.807) is 60.7 Å². The van der Waals surface area contributed by atoms with Crippen LogP contribution in [0.3, 0.4) is 0 Å². The number of carbonyl (C=O) groups excluding carboxylic acids is 1. The van der Waals surface area contributed by atoms with E-state index in [1.165, 1.54) is 17.0 Å². The third-order valence-electron chi connectivity index (χ3n) is 4.61. The molecule has 1 heterocycles. The molecule has 0 bridgehead atoms. The second-order valence-corrected chi connectivity index (χ2v) is 6.96. The quantitative estimate of drug-likeness (QED) is 0.614. The van der Waals surface area contributed by atoms with Crippen LogP contribution in [0.15, 0.2) is 72.8 Å². The van der Waals surface area contributed by atoms with Crippen LogP contribution in [0.2, 0.25) is 5.02 Å². The number of halogens is 2. The zero-order valence-electron chi connectivity index (χ0n) is 15.2. The molecule has 4 rings (SSSR count). The zero-order chi connectivity index (χ0) is 20.4. The van der Waals surface area contributed by atoms with Gasteiger partial charge in [-0.25, -0.2) is 9.18 Å². The van der Waals surface area contributed by atoms with Crippen molar-refractivity contribution in [1.29, 1.82) is 0 Å². The lowest BCUT2D eigenvalue weighted by Crippen LogP contribution is -2.30. The van der Waals surface area contributed by atoms with Gasteiger partial charge < -0.3 is 14.6 Å². The number of aliphatic hydroxyl groups excluding tert-OH is 1. The van der Waals surface area contributed by atoms with E-state index in [4.69, 9.17) is 21.1 Å². The van der Waals surface area contributed by atoms with Gasteiger partial charge in [0, 0.05) is 10.7 Å². The van der Waals surface area contributed by atoms with Gasteiger partial charge in [0.1, 0.15) is 23.4 Å². The maximum Gasteiger partial charge on any atom is 0.415 e. The summed E-state index contributed by atoms with van der Waals surface area (Å²) in [5.41, 5.74) is 1.08. The molecule has 0 spiro atoms. The average molecular weight is 414 g/mol. The van der Waals surface area contributed by atoms with Crippen LogP contribution >= 0.6 is 11.6 Å². The first kappa shape index (κ1) is 19.2. The summed E-state index contributed by atoms with van der Waals surface area (Å²) < 4.78 is 24.8. The molecule has 1 aliphatic heterocycles. The van der Waals surface area contributed by atoms with Crippen LogP contribution in [0.5, 0.6) is 11.5 Å². The number of benzene rings is 3. The SMILES string of the molecule is O=C1O[C@H](CO)[C@H](c2cccc(F)c2)N1c1ccc(Oc2ccc(Cl)cc2)cc1. The molecule has 29 heavy (non-hydrogen) atoms. The predicted molar refractivity (Wildman–Crippen MR) is 107 cm³/mol. The highest BCUT2D eigenvalue weighted by atomic mass is 35.5. The third-order valence-corrected chi connectivity index (χ3v) is 4.87. The molecule has 1 amide bonds. The number of cyclic esters (lactones) is 1. The van der Waals surface area contributed by atoms with Gasteiger partial charge in [-0.2, -0.15) is 0 Å². The molecule has 148 valence electrons. The number of carbonyl (C=O) groups is 1. The van der Waals surface area contributed by atoms with Crippen molar-refractivity contribution < 1.29 is 23.8 Å². The highest BCUT2D eigenvalue weighted by Gasteiger charge is 2.43. The lowest BCUT2D eigenvalue weighted by molar-refractivity contribution is 0.0829. The van der Waals surface area contributed by atoms with Crippen molar-refractivity contribution in [3.63, 3.8) is 0 Å². The molecule has 0 unspecified atom stereocenters. The highest BCUT2D eigenvalue weighted by molar-refractivity contribution is 6.30. The summed E-state index contributed by atoms with van der Waals surface area (Å²) in [6.07, 6.45) is -1.40. The number of hydrogen-bond acceptors (Lipinski definition) is 4. The minimum atomic E-state index is -0.797. The van der Waals surface area contributed by atoms with Crippen molar-refractivity contribution in [3.05, 3.63) is 89.2 Å². The van der Waals surface area contributed by atoms with Gasteiger partial charge in [-0.15, -0.1) is 0 Å². The Morgan fingerprint density at radius 1 is 1.03 bits per heavy atom. The summed E-state index contributed by atoms with van der Waals surface area (Å²) in [4.78, 5) is 13.9. The summed E-state index contributed by atoms with van der Waals surface area (Å²) in [6.45, 7) is -0.374. The maximum absolute atomic E-state index is 13.7. The predicted octanol–water partition coefficient (Wildman–Crippen LogP) is 5.33. The summed E-state index contributed by atoms with van der Waals surface area (Å²) in [5.74, 6) is 0.774. The van der Waals surface area contributed by atoms with Gasteiger partial charge in [-0.3, -0.25) is 4.90 Å². The Balaban J connectivity index is 1.61. The van der Waals surface area contributed by atoms with Crippen LogP contribution in [-0.4, -0.2) is 23.9 Å². The molecule has 1 fully saturated rings. The van der Waals surface area contributed by atoms with Crippen LogP contribution in [0.1, 0.15) is 11.6 Å². The van der Waals surface area contributed by atoms with E-state index >= 15 is 0 Å². The summed E-state index contributed by atoms with van der Waals surface area (Å²) in [7, 11) is 0. The van der Waals surface area contributed by atoms with E-state index in [0.717, 1.165) is 0 Å². The fourth-order valence-corrected chi connectivity index (χ4v) is 3.43. The fraction of sp³-hybridized carbons (Fsp3) is 0.136.